The third-order valence-corrected chi connectivity index (χ3v) is 4.35. The molecule has 0 radical (unpaired) electrons. The lowest BCUT2D eigenvalue weighted by Gasteiger charge is -2.26. The van der Waals surface area contributed by atoms with Gasteiger partial charge in [-0.15, -0.1) is 0 Å². The summed E-state index contributed by atoms with van der Waals surface area (Å²) in [4.78, 5) is 11.9. The van der Waals surface area contributed by atoms with Crippen LogP contribution in [0.3, 0.4) is 0 Å². The Morgan fingerprint density at radius 2 is 2.25 bits per heavy atom. The summed E-state index contributed by atoms with van der Waals surface area (Å²) in [5, 5.41) is 15.3. The summed E-state index contributed by atoms with van der Waals surface area (Å²) >= 11 is 0. The average Bonchev–Trinajstić information content (AvgIpc) is 2.57. The zero-order valence-corrected chi connectivity index (χ0v) is 14.1. The summed E-state index contributed by atoms with van der Waals surface area (Å²) in [5.74, 6) is 0.452. The lowest BCUT2D eigenvalue weighted by molar-refractivity contribution is 0.101. The molecule has 1 aromatic carbocycles. The Bertz CT molecular complexity index is 527. The first kappa shape index (κ1) is 18.5. The third-order valence-electron chi connectivity index (χ3n) is 4.35. The van der Waals surface area contributed by atoms with Crippen molar-refractivity contribution in [2.75, 3.05) is 13.1 Å². The number of benzene rings is 1. The molecule has 0 bridgehead atoms. The molecule has 0 aromatic heterocycles. The number of aliphatic hydroxyl groups is 1. The monoisotopic (exact) mass is 338 g/mol. The summed E-state index contributed by atoms with van der Waals surface area (Å²) in [5.41, 5.74) is 0. The fraction of sp³-hybridized carbons (Fsp3) is 0.611. The van der Waals surface area contributed by atoms with Crippen molar-refractivity contribution in [1.82, 2.24) is 10.6 Å². The molecule has 5 nitrogen and oxygen atoms in total. The molecule has 0 saturated heterocycles. The fourth-order valence-corrected chi connectivity index (χ4v) is 2.96. The van der Waals surface area contributed by atoms with Crippen molar-refractivity contribution in [3.63, 3.8) is 0 Å². The molecule has 2 amide bonds. The second-order valence-corrected chi connectivity index (χ2v) is 6.38. The number of urea groups is 1. The molecule has 3 atom stereocenters. The van der Waals surface area contributed by atoms with Crippen molar-refractivity contribution in [2.45, 2.75) is 51.2 Å². The van der Waals surface area contributed by atoms with Crippen LogP contribution in [-0.2, 0) is 0 Å². The van der Waals surface area contributed by atoms with Crippen molar-refractivity contribution < 1.29 is 19.0 Å². The van der Waals surface area contributed by atoms with E-state index in [0.717, 1.165) is 25.7 Å². The molecule has 1 aliphatic rings. The van der Waals surface area contributed by atoms with Crippen molar-refractivity contribution in [2.24, 2.45) is 5.92 Å². The Morgan fingerprint density at radius 3 is 2.96 bits per heavy atom. The minimum atomic E-state index is -0.345. The first-order valence-corrected chi connectivity index (χ1v) is 8.68. The van der Waals surface area contributed by atoms with E-state index >= 15 is 0 Å². The first-order valence-electron chi connectivity index (χ1n) is 8.68. The number of ether oxygens (including phenoxy) is 1. The van der Waals surface area contributed by atoms with Crippen LogP contribution in [-0.4, -0.2) is 36.4 Å². The number of halogens is 1. The van der Waals surface area contributed by atoms with Gasteiger partial charge in [0.2, 0.25) is 0 Å². The summed E-state index contributed by atoms with van der Waals surface area (Å²) in [6.07, 6.45) is 3.91. The van der Waals surface area contributed by atoms with E-state index in [1.54, 1.807) is 12.1 Å². The molecule has 1 aliphatic carbocycles. The number of carbonyl (C=O) groups is 1. The van der Waals surface area contributed by atoms with E-state index in [0.29, 0.717) is 31.2 Å². The number of amides is 2. The maximum Gasteiger partial charge on any atom is 0.314 e. The van der Waals surface area contributed by atoms with Crippen LogP contribution in [0.1, 0.15) is 39.0 Å². The molecule has 0 aliphatic heterocycles. The van der Waals surface area contributed by atoms with E-state index in [1.165, 1.54) is 12.1 Å². The highest BCUT2D eigenvalue weighted by molar-refractivity contribution is 5.73. The average molecular weight is 338 g/mol. The van der Waals surface area contributed by atoms with Crippen molar-refractivity contribution >= 4 is 6.03 Å². The lowest BCUT2D eigenvalue weighted by atomic mass is 9.87. The van der Waals surface area contributed by atoms with Gasteiger partial charge in [-0.2, -0.15) is 0 Å². The van der Waals surface area contributed by atoms with Gasteiger partial charge in [-0.05, 0) is 43.7 Å². The molecular weight excluding hydrogens is 311 g/mol. The Morgan fingerprint density at radius 1 is 1.42 bits per heavy atom. The van der Waals surface area contributed by atoms with Crippen LogP contribution in [0.25, 0.3) is 0 Å². The van der Waals surface area contributed by atoms with Gasteiger partial charge in [0, 0.05) is 12.6 Å². The summed E-state index contributed by atoms with van der Waals surface area (Å²) in [6.45, 7) is 2.88. The summed E-state index contributed by atoms with van der Waals surface area (Å²) < 4.78 is 18.9. The maximum absolute atomic E-state index is 13.2. The number of rotatable bonds is 7. The topological polar surface area (TPSA) is 70.6 Å². The van der Waals surface area contributed by atoms with E-state index in [9.17, 15) is 14.3 Å². The second kappa shape index (κ2) is 9.47. The largest absolute Gasteiger partial charge is 0.489 e. The van der Waals surface area contributed by atoms with Crippen molar-refractivity contribution in [3.05, 3.63) is 30.1 Å². The molecule has 134 valence electrons. The second-order valence-electron chi connectivity index (χ2n) is 6.38. The molecule has 1 aromatic rings. The van der Waals surface area contributed by atoms with Gasteiger partial charge in [-0.3, -0.25) is 0 Å². The third kappa shape index (κ3) is 6.35. The predicted molar refractivity (Wildman–Crippen MR) is 90.5 cm³/mol. The minimum absolute atomic E-state index is 0.214. The van der Waals surface area contributed by atoms with Crippen LogP contribution in [0.5, 0.6) is 5.75 Å². The van der Waals surface area contributed by atoms with E-state index in [-0.39, 0.29) is 24.1 Å². The van der Waals surface area contributed by atoms with Crippen LogP contribution in [0.4, 0.5) is 9.18 Å². The normalized spacial score (nSPS) is 21.8. The van der Waals surface area contributed by atoms with Crippen molar-refractivity contribution in [1.29, 1.82) is 0 Å². The quantitative estimate of drug-likeness (QED) is 0.716. The smallest absolute Gasteiger partial charge is 0.314 e. The maximum atomic E-state index is 13.2. The summed E-state index contributed by atoms with van der Waals surface area (Å²) in [7, 11) is 0. The molecule has 1 saturated carbocycles. The first-order chi connectivity index (χ1) is 11.6. The minimum Gasteiger partial charge on any atom is -0.489 e. The van der Waals surface area contributed by atoms with Gasteiger partial charge in [-0.25, -0.2) is 9.18 Å². The Labute approximate surface area is 142 Å². The van der Waals surface area contributed by atoms with Crippen LogP contribution in [0.15, 0.2) is 24.3 Å². The van der Waals surface area contributed by atoms with Gasteiger partial charge in [0.25, 0.3) is 0 Å². The number of carbonyl (C=O) groups excluding carboxylic acids is 1. The SMILES string of the molecule is CCC(CNC(=O)NCC1CCCC(O)C1)Oc1cccc(F)c1. The zero-order chi connectivity index (χ0) is 17.4. The van der Waals surface area contributed by atoms with Gasteiger partial charge in [-0.1, -0.05) is 19.4 Å². The molecule has 3 N–H and O–H groups in total. The molecule has 3 unspecified atom stereocenters. The molecule has 2 rings (SSSR count). The fourth-order valence-electron chi connectivity index (χ4n) is 2.96. The lowest BCUT2D eigenvalue weighted by Crippen LogP contribution is -2.43. The molecule has 1 fully saturated rings. The number of hydrogen-bond donors (Lipinski definition) is 3. The summed E-state index contributed by atoms with van der Waals surface area (Å²) in [6, 6.07) is 5.74. The predicted octanol–water partition coefficient (Wildman–Crippen LogP) is 2.83. The standard InChI is InChI=1S/C18H27FN2O3/c1-2-16(24-17-8-4-6-14(19)10-17)12-21-18(23)20-11-13-5-3-7-15(22)9-13/h4,6,8,10,13,15-16,22H,2-3,5,7,9,11-12H2,1H3,(H2,20,21,23). The van der Waals surface area contributed by atoms with E-state index in [1.807, 2.05) is 6.92 Å². The Kier molecular flexibility index (Phi) is 7.31. The molecule has 24 heavy (non-hydrogen) atoms. The molecule has 6 heteroatoms. The van der Waals surface area contributed by atoms with Gasteiger partial charge < -0.3 is 20.5 Å². The van der Waals surface area contributed by atoms with Crippen molar-refractivity contribution in [3.8, 4) is 5.75 Å². The van der Waals surface area contributed by atoms with E-state index < -0.39 is 0 Å². The Balaban J connectivity index is 1.69. The van der Waals surface area contributed by atoms with Crippen LogP contribution < -0.4 is 15.4 Å². The number of hydrogen-bond acceptors (Lipinski definition) is 3. The molecule has 0 heterocycles. The van der Waals surface area contributed by atoms with Gasteiger partial charge in [0.15, 0.2) is 0 Å². The van der Waals surface area contributed by atoms with Gasteiger partial charge in [0.05, 0.1) is 12.6 Å². The van der Waals surface area contributed by atoms with E-state index in [2.05, 4.69) is 10.6 Å². The van der Waals surface area contributed by atoms with Crippen LogP contribution in [0, 0.1) is 11.7 Å². The van der Waals surface area contributed by atoms with Crippen LogP contribution >= 0.6 is 0 Å². The molecular formula is C18H27FN2O3. The Hall–Kier alpha value is -1.82. The highest BCUT2D eigenvalue weighted by atomic mass is 19.1. The highest BCUT2D eigenvalue weighted by Gasteiger charge is 2.20. The number of aliphatic hydroxyl groups excluding tert-OH is 1. The van der Waals surface area contributed by atoms with Gasteiger partial charge >= 0.3 is 6.03 Å². The van der Waals surface area contributed by atoms with Gasteiger partial charge in [0.1, 0.15) is 17.7 Å². The van der Waals surface area contributed by atoms with Crippen LogP contribution in [0.2, 0.25) is 0 Å². The van der Waals surface area contributed by atoms with E-state index in [4.69, 9.17) is 4.74 Å². The molecule has 0 spiro atoms. The zero-order valence-electron chi connectivity index (χ0n) is 14.1. The number of nitrogens with one attached hydrogen (secondary N) is 2. The highest BCUT2D eigenvalue weighted by Crippen LogP contribution is 2.23.